The molecule has 2 unspecified atom stereocenters. The summed E-state index contributed by atoms with van der Waals surface area (Å²) in [6, 6.07) is 0. The van der Waals surface area contributed by atoms with Crippen molar-refractivity contribution in [1.82, 2.24) is 0 Å². The first kappa shape index (κ1) is 59.0. The van der Waals surface area contributed by atoms with Crippen LogP contribution in [0, 0.1) is 0 Å². The minimum Gasteiger partial charge on any atom is -0.462 e. The molecule has 0 saturated heterocycles. The maximum Gasteiger partial charge on any atom is 0.472 e. The summed E-state index contributed by atoms with van der Waals surface area (Å²) in [6.07, 6.45) is 44.4. The van der Waals surface area contributed by atoms with Gasteiger partial charge < -0.3 is 34.4 Å². The number of aliphatic hydroxyl groups excluding tert-OH is 2. The number of rotatable bonds is 40. The smallest absolute Gasteiger partial charge is 0.462 e. The number of hydrogen-bond acceptors (Lipinski definition) is 11. The van der Waals surface area contributed by atoms with Crippen LogP contribution in [-0.4, -0.2) is 81.6 Å². The molecule has 0 aromatic rings. The monoisotopic (exact) mass is 914 g/mol. The Kier molecular flexibility index (Phi) is 38.8. The summed E-state index contributed by atoms with van der Waals surface area (Å²) >= 11 is 0. The summed E-state index contributed by atoms with van der Waals surface area (Å²) < 4.78 is 47.6. The predicted molar refractivity (Wildman–Crippen MR) is 245 cm³/mol. The highest BCUT2D eigenvalue weighted by Gasteiger charge is 2.28. The zero-order chi connectivity index (χ0) is 46.0. The summed E-state index contributed by atoms with van der Waals surface area (Å²) in [4.78, 5) is 52.7. The highest BCUT2D eigenvalue weighted by atomic mass is 31.2. The summed E-state index contributed by atoms with van der Waals surface area (Å²) in [7, 11) is -9.73. The molecule has 16 heteroatoms. The zero-order valence-corrected chi connectivity index (χ0v) is 38.8. The van der Waals surface area contributed by atoms with E-state index in [1.807, 2.05) is 54.7 Å². The van der Waals surface area contributed by atoms with E-state index in [0.717, 1.165) is 57.8 Å². The molecule has 4 atom stereocenters. The number of carbonyl (C=O) groups is 2. The lowest BCUT2D eigenvalue weighted by molar-refractivity contribution is -0.161. The Labute approximate surface area is 371 Å². The molecule has 5 N–H and O–H groups in total. The average Bonchev–Trinajstić information content (AvgIpc) is 3.23. The first-order valence-electron chi connectivity index (χ1n) is 22.0. The Morgan fingerprint density at radius 2 is 1.10 bits per heavy atom. The Hall–Kier alpha value is -3.00. The lowest BCUT2D eigenvalue weighted by atomic mass is 10.1. The van der Waals surface area contributed by atoms with Gasteiger partial charge in [0.1, 0.15) is 12.7 Å². The third-order valence-corrected chi connectivity index (χ3v) is 9.98. The van der Waals surface area contributed by atoms with E-state index in [1.165, 1.54) is 19.3 Å². The molecule has 0 aromatic carbocycles. The molecule has 354 valence electrons. The lowest BCUT2D eigenvalue weighted by Gasteiger charge is -2.20. The maximum atomic E-state index is 12.6. The van der Waals surface area contributed by atoms with E-state index < -0.39 is 72.3 Å². The standard InChI is InChI=1S/C46H76O14P2/c1-3-5-7-9-11-12-13-14-15-16-17-21-24-28-32-36-45(49)56-40-44(41-59-62(54,55)58-39-43(48)38-57-61(51,52)53)60-46(50)37-33-29-25-22-19-18-20-23-27-31-35-42(47)34-30-26-10-8-6-4-2/h6,8,11-12,14-15,18-19,23,25-27,29-31,35,42-44,47-48H,3-5,7,9-10,13,16-17,20-22,24,28,32-34,36-41H2,1-2H3,(H,54,55)(H2,51,52,53)/b8-6-,12-11-,15-14-,19-18-,27-23-,29-25-,30-26-,35-31+/t42?,43-,44+/m0/s1. The van der Waals surface area contributed by atoms with E-state index in [9.17, 15) is 33.8 Å². The Bertz CT molecular complexity index is 1480. The van der Waals surface area contributed by atoms with Crippen LogP contribution in [0.25, 0.3) is 0 Å². The molecule has 0 aliphatic rings. The molecule has 0 spiro atoms. The minimum atomic E-state index is -4.88. The highest BCUT2D eigenvalue weighted by molar-refractivity contribution is 7.47. The Morgan fingerprint density at radius 3 is 1.76 bits per heavy atom. The van der Waals surface area contributed by atoms with Crippen LogP contribution in [0.4, 0.5) is 0 Å². The van der Waals surface area contributed by atoms with Crippen molar-refractivity contribution in [3.63, 3.8) is 0 Å². The molecule has 0 radical (unpaired) electrons. The van der Waals surface area contributed by atoms with E-state index >= 15 is 0 Å². The molecule has 0 rings (SSSR count). The average molecular weight is 915 g/mol. The summed E-state index contributed by atoms with van der Waals surface area (Å²) in [6.45, 7) is 1.42. The number of unbranched alkanes of at least 4 members (excludes halogenated alkanes) is 8. The van der Waals surface area contributed by atoms with Gasteiger partial charge in [0.15, 0.2) is 6.10 Å². The van der Waals surface area contributed by atoms with Gasteiger partial charge >= 0.3 is 27.6 Å². The summed E-state index contributed by atoms with van der Waals surface area (Å²) in [5.41, 5.74) is 0. The molecule has 0 bridgehead atoms. The fourth-order valence-corrected chi connectivity index (χ4v) is 6.35. The number of phosphoric ester groups is 2. The van der Waals surface area contributed by atoms with E-state index in [1.54, 1.807) is 6.08 Å². The third kappa shape index (κ3) is 43.6. The van der Waals surface area contributed by atoms with Gasteiger partial charge in [-0.2, -0.15) is 0 Å². The Balaban J connectivity index is 4.74. The first-order chi connectivity index (χ1) is 29.8. The topological polar surface area (TPSA) is 216 Å². The van der Waals surface area contributed by atoms with Gasteiger partial charge in [-0.25, -0.2) is 9.13 Å². The van der Waals surface area contributed by atoms with Crippen LogP contribution in [0.5, 0.6) is 0 Å². The maximum absolute atomic E-state index is 12.6. The number of esters is 2. The Morgan fingerprint density at radius 1 is 0.548 bits per heavy atom. The van der Waals surface area contributed by atoms with Crippen molar-refractivity contribution in [2.24, 2.45) is 0 Å². The predicted octanol–water partition coefficient (Wildman–Crippen LogP) is 10.3. The van der Waals surface area contributed by atoms with Crippen LogP contribution >= 0.6 is 15.6 Å². The molecule has 0 aromatic heterocycles. The van der Waals surface area contributed by atoms with Gasteiger partial charge in [0.05, 0.1) is 25.9 Å². The fraction of sp³-hybridized carbons (Fsp3) is 0.609. The van der Waals surface area contributed by atoms with Crippen molar-refractivity contribution in [3.05, 3.63) is 97.2 Å². The molecular weight excluding hydrogens is 838 g/mol. The van der Waals surface area contributed by atoms with E-state index in [4.69, 9.17) is 23.8 Å². The largest absolute Gasteiger partial charge is 0.472 e. The second-order valence-electron chi connectivity index (χ2n) is 14.4. The van der Waals surface area contributed by atoms with Crippen LogP contribution in [0.3, 0.4) is 0 Å². The van der Waals surface area contributed by atoms with Crippen LogP contribution in [-0.2, 0) is 41.8 Å². The molecule has 0 heterocycles. The first-order valence-corrected chi connectivity index (χ1v) is 25.1. The van der Waals surface area contributed by atoms with Crippen LogP contribution < -0.4 is 0 Å². The molecule has 0 fully saturated rings. The van der Waals surface area contributed by atoms with Gasteiger partial charge in [-0.1, -0.05) is 143 Å². The number of aliphatic hydroxyl groups is 2. The minimum absolute atomic E-state index is 0.0255. The van der Waals surface area contributed by atoms with Crippen molar-refractivity contribution < 1.29 is 66.7 Å². The summed E-state index contributed by atoms with van der Waals surface area (Å²) in [5.74, 6) is -1.18. The van der Waals surface area contributed by atoms with Crippen molar-refractivity contribution in [2.75, 3.05) is 26.4 Å². The van der Waals surface area contributed by atoms with Crippen molar-refractivity contribution in [1.29, 1.82) is 0 Å². The van der Waals surface area contributed by atoms with Gasteiger partial charge in [0, 0.05) is 12.8 Å². The molecule has 0 amide bonds. The third-order valence-electron chi connectivity index (χ3n) is 8.54. The molecular formula is C46H76O14P2. The number of ether oxygens (including phenoxy) is 2. The van der Waals surface area contributed by atoms with Gasteiger partial charge in [0.2, 0.25) is 0 Å². The second-order valence-corrected chi connectivity index (χ2v) is 17.1. The number of phosphoric acid groups is 2. The molecule has 0 aliphatic carbocycles. The summed E-state index contributed by atoms with van der Waals surface area (Å²) in [5, 5.41) is 19.8. The van der Waals surface area contributed by atoms with E-state index in [-0.39, 0.29) is 12.8 Å². The SMILES string of the molecule is CC/C=C\C/C=C\CC(O)/C=C/C=C\C/C=C\C/C=C\CCC(=O)O[C@H](COC(=O)CCCCCCC/C=C\C/C=C\CCCCC)COP(=O)(O)OC[C@@H](O)COP(=O)(O)O. The van der Waals surface area contributed by atoms with Gasteiger partial charge in [0.25, 0.3) is 0 Å². The van der Waals surface area contributed by atoms with Gasteiger partial charge in [-0.05, 0) is 77.0 Å². The number of allylic oxidation sites excluding steroid dienone is 14. The van der Waals surface area contributed by atoms with E-state index in [0.29, 0.717) is 32.1 Å². The fourth-order valence-electron chi connectivity index (χ4n) is 5.19. The van der Waals surface area contributed by atoms with Crippen molar-refractivity contribution in [3.8, 4) is 0 Å². The molecule has 14 nitrogen and oxygen atoms in total. The number of carbonyl (C=O) groups excluding carboxylic acids is 2. The lowest BCUT2D eigenvalue weighted by Crippen LogP contribution is -2.29. The van der Waals surface area contributed by atoms with Crippen molar-refractivity contribution >= 4 is 27.6 Å². The van der Waals surface area contributed by atoms with Crippen LogP contribution in [0.1, 0.15) is 136 Å². The van der Waals surface area contributed by atoms with E-state index in [2.05, 4.69) is 59.4 Å². The van der Waals surface area contributed by atoms with Crippen LogP contribution in [0.2, 0.25) is 0 Å². The molecule has 0 saturated carbocycles. The second kappa shape index (κ2) is 40.8. The quantitative estimate of drug-likeness (QED) is 0.0127. The normalized spacial score (nSPS) is 15.4. The van der Waals surface area contributed by atoms with Crippen molar-refractivity contribution in [2.45, 2.75) is 154 Å². The highest BCUT2D eigenvalue weighted by Crippen LogP contribution is 2.43. The van der Waals surface area contributed by atoms with Gasteiger partial charge in [-0.3, -0.25) is 23.2 Å². The van der Waals surface area contributed by atoms with Gasteiger partial charge in [-0.15, -0.1) is 0 Å². The zero-order valence-electron chi connectivity index (χ0n) is 37.0. The number of hydrogen-bond donors (Lipinski definition) is 5. The molecule has 62 heavy (non-hydrogen) atoms. The molecule has 0 aliphatic heterocycles. The van der Waals surface area contributed by atoms with Crippen LogP contribution in [0.15, 0.2) is 97.2 Å².